The zero-order chi connectivity index (χ0) is 24.6. The number of methoxy groups -OCH3 is 1. The van der Waals surface area contributed by atoms with E-state index in [0.29, 0.717) is 22.7 Å². The Bertz CT molecular complexity index is 1300. The zero-order valence-electron chi connectivity index (χ0n) is 18.9. The van der Waals surface area contributed by atoms with Crippen molar-refractivity contribution in [2.24, 2.45) is 0 Å². The van der Waals surface area contributed by atoms with Gasteiger partial charge in [0.2, 0.25) is 5.91 Å². The van der Waals surface area contributed by atoms with Gasteiger partial charge in [-0.3, -0.25) is 9.59 Å². The zero-order valence-corrected chi connectivity index (χ0v) is 19.7. The summed E-state index contributed by atoms with van der Waals surface area (Å²) in [6.07, 6.45) is 0. The van der Waals surface area contributed by atoms with Crippen molar-refractivity contribution in [3.05, 3.63) is 120 Å². The van der Waals surface area contributed by atoms with Crippen molar-refractivity contribution >= 4 is 35.0 Å². The standard InChI is InChI=1S/C28H23FN2O3S/c1-34-25-10-6-5-9-24(25)31-28(33)26(19-7-3-2-4-8-19)35-23-17-15-22(16-18-23)30-27(32)20-11-13-21(29)14-12-20/h2-18,26H,1H3,(H,30,32)(H,31,33). The number of hydrogen-bond acceptors (Lipinski definition) is 4. The van der Waals surface area contributed by atoms with Gasteiger partial charge in [-0.25, -0.2) is 4.39 Å². The van der Waals surface area contributed by atoms with Gasteiger partial charge in [-0.05, 0) is 66.2 Å². The van der Waals surface area contributed by atoms with Crippen LogP contribution in [0.25, 0.3) is 0 Å². The average molecular weight is 487 g/mol. The van der Waals surface area contributed by atoms with Gasteiger partial charge in [-0.2, -0.15) is 0 Å². The van der Waals surface area contributed by atoms with Crippen molar-refractivity contribution in [1.82, 2.24) is 0 Å². The molecular weight excluding hydrogens is 463 g/mol. The van der Waals surface area contributed by atoms with Crippen LogP contribution in [0.15, 0.2) is 108 Å². The molecule has 0 heterocycles. The fourth-order valence-electron chi connectivity index (χ4n) is 3.40. The second kappa shape index (κ2) is 11.4. The fraction of sp³-hybridized carbons (Fsp3) is 0.0714. The monoisotopic (exact) mass is 486 g/mol. The van der Waals surface area contributed by atoms with E-state index < -0.39 is 11.1 Å². The molecule has 0 saturated carbocycles. The van der Waals surface area contributed by atoms with Crippen LogP contribution in [0.5, 0.6) is 5.75 Å². The predicted molar refractivity (Wildman–Crippen MR) is 137 cm³/mol. The molecule has 5 nitrogen and oxygen atoms in total. The molecule has 0 fully saturated rings. The van der Waals surface area contributed by atoms with E-state index in [4.69, 9.17) is 4.74 Å². The van der Waals surface area contributed by atoms with Gasteiger partial charge in [-0.15, -0.1) is 11.8 Å². The second-order valence-corrected chi connectivity index (χ2v) is 8.76. The summed E-state index contributed by atoms with van der Waals surface area (Å²) >= 11 is 1.40. The molecule has 0 aliphatic heterocycles. The minimum absolute atomic E-state index is 0.181. The first-order valence-electron chi connectivity index (χ1n) is 10.9. The van der Waals surface area contributed by atoms with E-state index in [1.807, 2.05) is 54.6 Å². The SMILES string of the molecule is COc1ccccc1NC(=O)C(Sc1ccc(NC(=O)c2ccc(F)cc2)cc1)c1ccccc1. The normalized spacial score (nSPS) is 11.4. The number of ether oxygens (including phenoxy) is 1. The number of anilines is 2. The Morgan fingerprint density at radius 3 is 2.14 bits per heavy atom. The van der Waals surface area contributed by atoms with E-state index in [1.165, 1.54) is 36.0 Å². The Kier molecular flexibility index (Phi) is 7.80. The third-order valence-corrected chi connectivity index (χ3v) is 6.44. The summed E-state index contributed by atoms with van der Waals surface area (Å²) in [5.74, 6) is -0.326. The highest BCUT2D eigenvalue weighted by Gasteiger charge is 2.23. The van der Waals surface area contributed by atoms with E-state index in [0.717, 1.165) is 10.5 Å². The summed E-state index contributed by atoms with van der Waals surface area (Å²) in [4.78, 5) is 26.5. The minimum Gasteiger partial charge on any atom is -0.495 e. The molecule has 0 radical (unpaired) electrons. The third kappa shape index (κ3) is 6.28. The van der Waals surface area contributed by atoms with Gasteiger partial charge in [0.1, 0.15) is 16.8 Å². The van der Waals surface area contributed by atoms with Gasteiger partial charge in [0, 0.05) is 16.1 Å². The molecule has 35 heavy (non-hydrogen) atoms. The maximum absolute atomic E-state index is 13.3. The highest BCUT2D eigenvalue weighted by atomic mass is 32.2. The topological polar surface area (TPSA) is 67.4 Å². The van der Waals surface area contributed by atoms with Gasteiger partial charge >= 0.3 is 0 Å². The van der Waals surface area contributed by atoms with Crippen molar-refractivity contribution < 1.29 is 18.7 Å². The third-order valence-electron chi connectivity index (χ3n) is 5.18. The molecule has 2 amide bonds. The molecule has 1 unspecified atom stereocenters. The lowest BCUT2D eigenvalue weighted by molar-refractivity contribution is -0.115. The number of hydrogen-bond donors (Lipinski definition) is 2. The van der Waals surface area contributed by atoms with Gasteiger partial charge in [0.15, 0.2) is 0 Å². The fourth-order valence-corrected chi connectivity index (χ4v) is 4.43. The molecule has 0 aliphatic carbocycles. The Hall–Kier alpha value is -4.10. The molecule has 0 aromatic heterocycles. The van der Waals surface area contributed by atoms with Crippen LogP contribution in [0.1, 0.15) is 21.2 Å². The molecule has 7 heteroatoms. The van der Waals surface area contributed by atoms with Crippen molar-refractivity contribution in [2.75, 3.05) is 17.7 Å². The van der Waals surface area contributed by atoms with Gasteiger partial charge in [-0.1, -0.05) is 42.5 Å². The van der Waals surface area contributed by atoms with E-state index in [1.54, 1.807) is 31.4 Å². The minimum atomic E-state index is -0.513. The number of amides is 2. The van der Waals surface area contributed by atoms with Crippen LogP contribution in [-0.4, -0.2) is 18.9 Å². The van der Waals surface area contributed by atoms with Gasteiger partial charge in [0.25, 0.3) is 5.91 Å². The van der Waals surface area contributed by atoms with Gasteiger partial charge < -0.3 is 15.4 Å². The number of thioether (sulfide) groups is 1. The number of nitrogens with one attached hydrogen (secondary N) is 2. The van der Waals surface area contributed by atoms with Crippen LogP contribution < -0.4 is 15.4 Å². The van der Waals surface area contributed by atoms with Crippen LogP contribution in [0.3, 0.4) is 0 Å². The van der Waals surface area contributed by atoms with Crippen LogP contribution >= 0.6 is 11.8 Å². The molecular formula is C28H23FN2O3S. The molecule has 2 N–H and O–H groups in total. The summed E-state index contributed by atoms with van der Waals surface area (Å²) in [5.41, 5.74) is 2.42. The van der Waals surface area contributed by atoms with E-state index in [9.17, 15) is 14.0 Å². The molecule has 4 aromatic carbocycles. The summed E-state index contributed by atoms with van der Waals surface area (Å²) in [6, 6.07) is 29.4. The maximum Gasteiger partial charge on any atom is 0.255 e. The first-order valence-corrected chi connectivity index (χ1v) is 11.7. The van der Waals surface area contributed by atoms with Crippen molar-refractivity contribution in [3.8, 4) is 5.75 Å². The molecule has 0 saturated heterocycles. The summed E-state index contributed by atoms with van der Waals surface area (Å²) < 4.78 is 18.5. The summed E-state index contributed by atoms with van der Waals surface area (Å²) in [5, 5.41) is 5.25. The van der Waals surface area contributed by atoms with Crippen LogP contribution in [0, 0.1) is 5.82 Å². The molecule has 4 aromatic rings. The van der Waals surface area contributed by atoms with E-state index in [2.05, 4.69) is 10.6 Å². The Morgan fingerprint density at radius 2 is 1.46 bits per heavy atom. The smallest absolute Gasteiger partial charge is 0.255 e. The Labute approximate surface area is 207 Å². The van der Waals surface area contributed by atoms with Gasteiger partial charge in [0.05, 0.1) is 12.8 Å². The van der Waals surface area contributed by atoms with Crippen molar-refractivity contribution in [1.29, 1.82) is 0 Å². The number of benzene rings is 4. The Morgan fingerprint density at radius 1 is 0.800 bits per heavy atom. The number of para-hydroxylation sites is 2. The van der Waals surface area contributed by atoms with Crippen LogP contribution in [0.4, 0.5) is 15.8 Å². The lowest BCUT2D eigenvalue weighted by Gasteiger charge is -2.18. The Balaban J connectivity index is 1.49. The number of halogens is 1. The molecule has 176 valence electrons. The first-order chi connectivity index (χ1) is 17.0. The number of rotatable bonds is 8. The molecule has 4 rings (SSSR count). The lowest BCUT2D eigenvalue weighted by Crippen LogP contribution is -2.19. The van der Waals surface area contributed by atoms with E-state index in [-0.39, 0.29) is 11.8 Å². The molecule has 1 atom stereocenters. The largest absolute Gasteiger partial charge is 0.495 e. The van der Waals surface area contributed by atoms with Crippen LogP contribution in [0.2, 0.25) is 0 Å². The number of carbonyl (C=O) groups excluding carboxylic acids is 2. The molecule has 0 aliphatic rings. The van der Waals surface area contributed by atoms with Crippen molar-refractivity contribution in [2.45, 2.75) is 10.1 Å². The first kappa shape index (κ1) is 24.0. The van der Waals surface area contributed by atoms with E-state index >= 15 is 0 Å². The highest BCUT2D eigenvalue weighted by molar-refractivity contribution is 8.00. The van der Waals surface area contributed by atoms with Crippen molar-refractivity contribution in [3.63, 3.8) is 0 Å². The van der Waals surface area contributed by atoms with Crippen LogP contribution in [-0.2, 0) is 4.79 Å². The predicted octanol–water partition coefficient (Wildman–Crippen LogP) is 6.56. The maximum atomic E-state index is 13.3. The lowest BCUT2D eigenvalue weighted by atomic mass is 10.1. The quantitative estimate of drug-likeness (QED) is 0.277. The summed E-state index contributed by atoms with van der Waals surface area (Å²) in [7, 11) is 1.56. The molecule has 0 bridgehead atoms. The molecule has 0 spiro atoms. The number of carbonyl (C=O) groups is 2. The highest BCUT2D eigenvalue weighted by Crippen LogP contribution is 2.37. The second-order valence-electron chi connectivity index (χ2n) is 7.58. The summed E-state index contributed by atoms with van der Waals surface area (Å²) in [6.45, 7) is 0. The average Bonchev–Trinajstić information content (AvgIpc) is 2.89.